The molecule has 8 heterocycles. The Bertz CT molecular complexity index is 5470. The molecule has 0 aliphatic carbocycles. The Morgan fingerprint density at radius 1 is 0.409 bits per heavy atom. The molecule has 4 unspecified atom stereocenters. The van der Waals surface area contributed by atoms with E-state index >= 15 is 0 Å². The van der Waals surface area contributed by atoms with Crippen LogP contribution in [0.5, 0.6) is 0 Å². The van der Waals surface area contributed by atoms with Crippen LogP contribution in [0.4, 0.5) is 28.2 Å². The molecule has 12 N–H and O–H groups in total. The topological polar surface area (TPSA) is 500 Å². The number of imidazole rings is 4. The lowest BCUT2D eigenvalue weighted by Crippen LogP contribution is -2.13. The van der Waals surface area contributed by atoms with Gasteiger partial charge < -0.3 is 78.2 Å². The molecule has 0 aliphatic rings. The third-order valence-electron chi connectivity index (χ3n) is 15.7. The van der Waals surface area contributed by atoms with Crippen molar-refractivity contribution in [3.63, 3.8) is 0 Å². The minimum absolute atomic E-state index is 0.000768. The zero-order chi connectivity index (χ0) is 79.5. The van der Waals surface area contributed by atoms with Gasteiger partial charge in [0, 0.05) is 62.9 Å². The van der Waals surface area contributed by atoms with E-state index in [0.29, 0.717) is 69.9 Å². The average Bonchev–Trinajstić information content (AvgIpc) is 1.67. The third kappa shape index (κ3) is 25.3. The fraction of sp³-hybridized carbons (Fsp3) is 0.343. The van der Waals surface area contributed by atoms with Gasteiger partial charge in [-0.2, -0.15) is 19.9 Å². The first kappa shape index (κ1) is 84.6. The number of nitrogen functional groups attached to an aromatic ring is 4. The second-order valence-electron chi connectivity index (χ2n) is 25.3. The predicted molar refractivity (Wildman–Crippen MR) is 417 cm³/mol. The molecule has 12 aromatic rings. The van der Waals surface area contributed by atoms with Crippen LogP contribution in [0.3, 0.4) is 0 Å². The average molecular weight is 1640 g/mol. The zero-order valence-electron chi connectivity index (χ0n) is 60.8. The van der Waals surface area contributed by atoms with Gasteiger partial charge in [0.05, 0.1) is 78.2 Å². The van der Waals surface area contributed by atoms with E-state index in [1.807, 2.05) is 56.3 Å². The standard InChI is InChI=1S/C17H21ClN5O4P.C17H21FN5O4P.C17H22N5O4P.C16H19ClN5O4P/c2*1-11-3-4-12(7-13(11)18)8-27-28(2,25)10-26-6-5-23-9-20-14-15(23)21-17(19)22-16(14)24;1-12-3-5-13(6-4-12)9-26-27(2,24)11-25-8-7-22-10-19-14-15(22)20-17(18)21-16(14)23;1-27(24,26-8-11-3-2-4-12(17)7-11)10-25-6-5-22-9-19-13-14(22)20-16(18)21-15(13)23/h2*3-4,7,9H,5-6,8,10H2,1-2H3,(H3,19,21,22,24);3-6,10H,7-9,11H2,1-2H3,(H3,18,20,21,23);2-4,7,9H,5-6,8,10H2,1H3,(H3,18,20,21,23). The molecule has 0 fully saturated rings. The van der Waals surface area contributed by atoms with E-state index in [4.69, 9.17) is 83.2 Å². The largest absolute Gasteiger partial charge is 0.370 e. The monoisotopic (exact) mass is 1640 g/mol. The summed E-state index contributed by atoms with van der Waals surface area (Å²) in [5, 5.41) is 1.24. The van der Waals surface area contributed by atoms with Crippen molar-refractivity contribution in [3.05, 3.63) is 206 Å². The molecule has 110 heavy (non-hydrogen) atoms. The van der Waals surface area contributed by atoms with E-state index in [9.17, 15) is 41.8 Å². The number of benzene rings is 4. The van der Waals surface area contributed by atoms with E-state index in [1.54, 1.807) is 68.3 Å². The number of anilines is 4. The molecule has 4 atom stereocenters. The number of aryl methyl sites for hydroxylation is 3. The second kappa shape index (κ2) is 38.5. The molecular formula is C67H83Cl2FN20O16P4. The zero-order valence-corrected chi connectivity index (χ0v) is 65.9. The highest BCUT2D eigenvalue weighted by Gasteiger charge is 2.22. The summed E-state index contributed by atoms with van der Waals surface area (Å²) in [6, 6.07) is 25.3. The van der Waals surface area contributed by atoms with Crippen molar-refractivity contribution in [2.24, 2.45) is 0 Å². The van der Waals surface area contributed by atoms with Crippen LogP contribution in [-0.2, 0) is 108 Å². The van der Waals surface area contributed by atoms with Gasteiger partial charge in [0.1, 0.15) is 31.2 Å². The smallest absolute Gasteiger partial charge is 0.280 e. The Hall–Kier alpha value is -9.41. The fourth-order valence-corrected chi connectivity index (χ4v) is 14.1. The van der Waals surface area contributed by atoms with E-state index in [0.717, 1.165) is 27.8 Å². The lowest BCUT2D eigenvalue weighted by Gasteiger charge is -2.15. The van der Waals surface area contributed by atoms with Crippen molar-refractivity contribution in [3.8, 4) is 0 Å². The number of halogens is 3. The van der Waals surface area contributed by atoms with Gasteiger partial charge in [0.15, 0.2) is 44.7 Å². The summed E-state index contributed by atoms with van der Waals surface area (Å²) in [5.74, 6) is -0.272. The Morgan fingerprint density at radius 3 is 1.03 bits per heavy atom. The molecule has 12 rings (SSSR count). The van der Waals surface area contributed by atoms with Gasteiger partial charge in [-0.25, -0.2) is 24.3 Å². The fourth-order valence-electron chi connectivity index (χ4n) is 9.87. The minimum atomic E-state index is -3.02. The number of hydrogen-bond donors (Lipinski definition) is 8. The van der Waals surface area contributed by atoms with Crippen molar-refractivity contribution in [2.75, 3.05) is 101 Å². The molecule has 0 amide bonds. The molecule has 0 bridgehead atoms. The van der Waals surface area contributed by atoms with Crippen molar-refractivity contribution in [1.82, 2.24) is 78.1 Å². The molecule has 4 aromatic carbocycles. The van der Waals surface area contributed by atoms with Crippen LogP contribution in [0, 0.1) is 26.6 Å². The number of rotatable bonds is 32. The summed E-state index contributed by atoms with van der Waals surface area (Å²) in [7, 11) is -11.8. The van der Waals surface area contributed by atoms with E-state index in [1.165, 1.54) is 51.4 Å². The van der Waals surface area contributed by atoms with Gasteiger partial charge >= 0.3 is 0 Å². The minimum Gasteiger partial charge on any atom is -0.370 e. The Morgan fingerprint density at radius 2 is 0.709 bits per heavy atom. The normalized spacial score (nSPS) is 13.7. The number of nitrogens with two attached hydrogens (primary N) is 4. The summed E-state index contributed by atoms with van der Waals surface area (Å²) in [6.07, 6.45) is 5.77. The van der Waals surface area contributed by atoms with E-state index in [-0.39, 0.29) is 135 Å². The van der Waals surface area contributed by atoms with Crippen LogP contribution in [-0.4, -0.2) is 157 Å². The van der Waals surface area contributed by atoms with Gasteiger partial charge in [0.2, 0.25) is 53.3 Å². The van der Waals surface area contributed by atoms with Gasteiger partial charge in [-0.1, -0.05) is 89.4 Å². The maximum absolute atomic E-state index is 13.6. The molecule has 36 nitrogen and oxygen atoms in total. The van der Waals surface area contributed by atoms with Crippen molar-refractivity contribution < 1.29 is 59.7 Å². The molecule has 8 aromatic heterocycles. The maximum atomic E-state index is 13.6. The predicted octanol–water partition coefficient (Wildman–Crippen LogP) is 9.57. The van der Waals surface area contributed by atoms with Gasteiger partial charge in [-0.05, 0) is 78.4 Å². The lowest BCUT2D eigenvalue weighted by molar-refractivity contribution is 0.153. The number of fused-ring (bicyclic) bond motifs is 4. The number of nitrogens with one attached hydrogen (secondary N) is 4. The molecule has 0 spiro atoms. The van der Waals surface area contributed by atoms with Crippen molar-refractivity contribution >= 4 is 121 Å². The molecular weight excluding hydrogens is 1550 g/mol. The summed E-state index contributed by atoms with van der Waals surface area (Å²) >= 11 is 12.0. The van der Waals surface area contributed by atoms with Crippen molar-refractivity contribution in [1.29, 1.82) is 0 Å². The van der Waals surface area contributed by atoms with Crippen LogP contribution in [0.2, 0.25) is 10.0 Å². The highest BCUT2D eigenvalue weighted by Crippen LogP contribution is 2.46. The number of nitrogens with zero attached hydrogens (tertiary/aromatic N) is 12. The molecule has 0 radical (unpaired) electrons. The van der Waals surface area contributed by atoms with Gasteiger partial charge in [0.25, 0.3) is 22.2 Å². The SMILES string of the molecule is CP(=O)(COCCn1cnc2c(=O)[nH]c(N)nc21)OCc1cccc(Cl)c1.Cc1ccc(COP(C)(=O)COCCn2cnc3c(=O)[nH]c(N)nc32)cc1.Cc1ccc(COP(C)(=O)COCCn2cnc3c(=O)[nH]c(N)nc32)cc1Cl.Cc1ccc(COP(C)(=O)COCCn2cnc3c(=O)[nH]c(N)nc32)cc1F. The third-order valence-corrected chi connectivity index (χ3v) is 21.6. The van der Waals surface area contributed by atoms with Crippen LogP contribution in [0.25, 0.3) is 44.7 Å². The van der Waals surface area contributed by atoms with E-state index < -0.39 is 46.2 Å². The maximum Gasteiger partial charge on any atom is 0.280 e. The molecule has 0 saturated heterocycles. The molecule has 43 heteroatoms. The quantitative estimate of drug-likeness (QED) is 0.0144. The second-order valence-corrected chi connectivity index (χ2v) is 36.3. The highest BCUT2D eigenvalue weighted by atomic mass is 35.5. The highest BCUT2D eigenvalue weighted by molar-refractivity contribution is 7.58. The number of aromatic nitrogens is 16. The van der Waals surface area contributed by atoms with Crippen molar-refractivity contribution in [2.45, 2.75) is 73.4 Å². The molecule has 588 valence electrons. The Labute approximate surface area is 636 Å². The first-order valence-corrected chi connectivity index (χ1v) is 43.2. The molecule has 0 aliphatic heterocycles. The van der Waals surface area contributed by atoms with Crippen LogP contribution in [0.1, 0.15) is 38.9 Å². The first-order valence-electron chi connectivity index (χ1n) is 33.5. The summed E-state index contributed by atoms with van der Waals surface area (Å²) < 4.78 is 114. The summed E-state index contributed by atoms with van der Waals surface area (Å²) in [5.41, 5.74) is 28.8. The Balaban J connectivity index is 0.000000169. The lowest BCUT2D eigenvalue weighted by atomic mass is 10.1. The number of H-pyrrole nitrogens is 4. The Kier molecular flexibility index (Phi) is 29.6. The van der Waals surface area contributed by atoms with Crippen LogP contribution in [0.15, 0.2) is 129 Å². The number of hydrogen-bond acceptors (Lipinski definition) is 28. The van der Waals surface area contributed by atoms with Crippen LogP contribution >= 0.6 is 52.7 Å². The summed E-state index contributed by atoms with van der Waals surface area (Å²) in [6.45, 7) is 14.8. The van der Waals surface area contributed by atoms with Crippen LogP contribution < -0.4 is 45.2 Å². The summed E-state index contributed by atoms with van der Waals surface area (Å²) in [4.78, 5) is 88.9. The molecule has 0 saturated carbocycles. The number of aromatic amines is 4. The number of ether oxygens (including phenoxy) is 4. The van der Waals surface area contributed by atoms with Gasteiger partial charge in [-0.15, -0.1) is 0 Å². The van der Waals surface area contributed by atoms with E-state index in [2.05, 4.69) is 59.8 Å². The first-order chi connectivity index (χ1) is 52.2. The van der Waals surface area contributed by atoms with Gasteiger partial charge in [-0.3, -0.25) is 57.4 Å².